The molecule has 0 bridgehead atoms. The normalized spacial score (nSPS) is 26.6. The Hall–Kier alpha value is -1.20. The summed E-state index contributed by atoms with van der Waals surface area (Å²) >= 11 is 0. The van der Waals surface area contributed by atoms with Crippen LogP contribution in [0, 0.1) is 25.7 Å². The second-order valence-electron chi connectivity index (χ2n) is 7.20. The van der Waals surface area contributed by atoms with Gasteiger partial charge in [0.1, 0.15) is 4.90 Å². The summed E-state index contributed by atoms with van der Waals surface area (Å²) in [5.74, 6) is -0.527. The van der Waals surface area contributed by atoms with Crippen LogP contribution in [0.4, 0.5) is 0 Å². The lowest BCUT2D eigenvalue weighted by molar-refractivity contribution is -0.126. The van der Waals surface area contributed by atoms with Crippen LogP contribution in [0.25, 0.3) is 0 Å². The number of aliphatic hydroxyl groups is 1. The van der Waals surface area contributed by atoms with E-state index in [1.165, 1.54) is 4.31 Å². The average molecular weight is 422 g/mol. The van der Waals surface area contributed by atoms with Gasteiger partial charge in [-0.3, -0.25) is 9.89 Å². The van der Waals surface area contributed by atoms with Crippen molar-refractivity contribution in [1.82, 2.24) is 25.1 Å². The van der Waals surface area contributed by atoms with Crippen molar-refractivity contribution in [2.45, 2.75) is 37.7 Å². The minimum absolute atomic E-state index is 0. The lowest BCUT2D eigenvalue weighted by Gasteiger charge is -2.31. The molecule has 2 aliphatic rings. The molecule has 11 heteroatoms. The lowest BCUT2D eigenvalue weighted by Crippen LogP contribution is -2.46. The zero-order chi connectivity index (χ0) is 18.9. The Morgan fingerprint density at radius 3 is 2.70 bits per heavy atom. The van der Waals surface area contributed by atoms with Crippen LogP contribution in [0.15, 0.2) is 4.90 Å². The number of nitrogens with one attached hydrogen (secondary N) is 3. The first-order valence-electron chi connectivity index (χ1n) is 8.99. The Bertz CT molecular complexity index is 749. The van der Waals surface area contributed by atoms with Gasteiger partial charge in [0.2, 0.25) is 15.9 Å². The van der Waals surface area contributed by atoms with Crippen molar-refractivity contribution in [2.24, 2.45) is 11.8 Å². The van der Waals surface area contributed by atoms with E-state index < -0.39 is 16.1 Å². The Morgan fingerprint density at radius 1 is 1.37 bits per heavy atom. The van der Waals surface area contributed by atoms with Crippen LogP contribution in [0.2, 0.25) is 0 Å². The van der Waals surface area contributed by atoms with Crippen LogP contribution in [0.3, 0.4) is 0 Å². The zero-order valence-corrected chi connectivity index (χ0v) is 17.2. The number of hydrogen-bond donors (Lipinski definition) is 4. The van der Waals surface area contributed by atoms with Crippen LogP contribution in [-0.4, -0.2) is 72.8 Å². The Labute approximate surface area is 165 Å². The Kier molecular flexibility index (Phi) is 7.26. The highest BCUT2D eigenvalue weighted by Crippen LogP contribution is 2.26. The number of piperidine rings is 1. The van der Waals surface area contributed by atoms with Crippen LogP contribution >= 0.6 is 12.4 Å². The number of nitrogens with zero attached hydrogens (tertiary/aromatic N) is 2. The van der Waals surface area contributed by atoms with E-state index in [1.807, 2.05) is 0 Å². The topological polar surface area (TPSA) is 127 Å². The molecule has 27 heavy (non-hydrogen) atoms. The van der Waals surface area contributed by atoms with Crippen molar-refractivity contribution < 1.29 is 18.3 Å². The van der Waals surface area contributed by atoms with Gasteiger partial charge in [-0.25, -0.2) is 8.42 Å². The highest BCUT2D eigenvalue weighted by atomic mass is 35.5. The lowest BCUT2D eigenvalue weighted by atomic mass is 9.98. The van der Waals surface area contributed by atoms with Gasteiger partial charge in [0.25, 0.3) is 0 Å². The number of aromatic amines is 1. The molecule has 0 aliphatic carbocycles. The predicted octanol–water partition coefficient (Wildman–Crippen LogP) is -0.454. The quantitative estimate of drug-likeness (QED) is 0.509. The van der Waals surface area contributed by atoms with E-state index >= 15 is 0 Å². The maximum Gasteiger partial charge on any atom is 0.246 e. The number of aliphatic hydroxyl groups excluding tert-OH is 1. The number of halogens is 1. The summed E-state index contributed by atoms with van der Waals surface area (Å²) in [6.45, 7) is 5.53. The van der Waals surface area contributed by atoms with Gasteiger partial charge in [0.05, 0.1) is 23.4 Å². The zero-order valence-electron chi connectivity index (χ0n) is 15.6. The molecule has 2 fully saturated rings. The summed E-state index contributed by atoms with van der Waals surface area (Å²) in [6.07, 6.45) is 0.846. The first-order valence-corrected chi connectivity index (χ1v) is 10.4. The van der Waals surface area contributed by atoms with Crippen molar-refractivity contribution in [3.05, 3.63) is 11.4 Å². The monoisotopic (exact) mass is 421 g/mol. The third-order valence-corrected chi connectivity index (χ3v) is 7.38. The number of carbonyl (C=O) groups is 1. The molecule has 2 aliphatic heterocycles. The standard InChI is InChI=1S/C16H27N5O4S.ClH/c1-10-15(11(2)20-19-10)26(24,25)21-5-3-4-12(9-21)16(23)18-7-13-6-17-8-14(13)22;/h12-14,17,22H,3-9H2,1-2H3,(H,18,23)(H,19,20);1H. The summed E-state index contributed by atoms with van der Waals surface area (Å²) < 4.78 is 27.3. The highest BCUT2D eigenvalue weighted by molar-refractivity contribution is 7.89. The minimum atomic E-state index is -3.68. The SMILES string of the molecule is Cc1n[nH]c(C)c1S(=O)(=O)N1CCCC(C(=O)NCC2CNCC2O)C1.Cl. The van der Waals surface area contributed by atoms with E-state index in [1.54, 1.807) is 13.8 Å². The van der Waals surface area contributed by atoms with E-state index in [0.717, 1.165) is 0 Å². The van der Waals surface area contributed by atoms with E-state index in [9.17, 15) is 18.3 Å². The molecule has 2 saturated heterocycles. The fourth-order valence-electron chi connectivity index (χ4n) is 3.73. The highest BCUT2D eigenvalue weighted by Gasteiger charge is 2.36. The molecule has 9 nitrogen and oxygen atoms in total. The molecule has 3 rings (SSSR count). The molecule has 1 aromatic heterocycles. The maximum atomic E-state index is 13.0. The van der Waals surface area contributed by atoms with Crippen LogP contribution in [-0.2, 0) is 14.8 Å². The molecule has 1 amide bonds. The molecule has 154 valence electrons. The molecule has 0 radical (unpaired) electrons. The van der Waals surface area contributed by atoms with Gasteiger partial charge in [-0.05, 0) is 26.7 Å². The van der Waals surface area contributed by atoms with Gasteiger partial charge in [-0.2, -0.15) is 9.40 Å². The molecule has 4 N–H and O–H groups in total. The molecular weight excluding hydrogens is 394 g/mol. The van der Waals surface area contributed by atoms with Gasteiger partial charge < -0.3 is 15.7 Å². The number of sulfonamides is 1. The molecule has 0 aromatic carbocycles. The number of amides is 1. The number of aryl methyl sites for hydroxylation is 2. The van der Waals surface area contributed by atoms with Gasteiger partial charge in [-0.1, -0.05) is 0 Å². The molecular formula is C16H28ClN5O4S. The number of β-amino-alcohol motifs (C(OH)–C–C–N with tert-alkyl or cyclic N) is 1. The number of hydrogen-bond acceptors (Lipinski definition) is 6. The number of aromatic nitrogens is 2. The summed E-state index contributed by atoms with van der Waals surface area (Å²) in [5, 5.41) is 22.4. The van der Waals surface area contributed by atoms with Crippen molar-refractivity contribution in [3.63, 3.8) is 0 Å². The van der Waals surface area contributed by atoms with Crippen LogP contribution < -0.4 is 10.6 Å². The summed E-state index contributed by atoms with van der Waals surface area (Å²) in [6, 6.07) is 0. The number of H-pyrrole nitrogens is 1. The summed E-state index contributed by atoms with van der Waals surface area (Å²) in [4.78, 5) is 12.7. The fourth-order valence-corrected chi connectivity index (χ4v) is 5.58. The van der Waals surface area contributed by atoms with Crippen molar-refractivity contribution in [1.29, 1.82) is 0 Å². The first-order chi connectivity index (χ1) is 12.3. The molecule has 3 heterocycles. The molecule has 0 saturated carbocycles. The Balaban J connectivity index is 0.00000261. The Morgan fingerprint density at radius 2 is 2.11 bits per heavy atom. The first kappa shape index (κ1) is 22.1. The van der Waals surface area contributed by atoms with Crippen molar-refractivity contribution in [2.75, 3.05) is 32.7 Å². The smallest absolute Gasteiger partial charge is 0.246 e. The third-order valence-electron chi connectivity index (χ3n) is 5.26. The van der Waals surface area contributed by atoms with Crippen molar-refractivity contribution >= 4 is 28.3 Å². The summed E-state index contributed by atoms with van der Waals surface area (Å²) in [5.41, 5.74) is 0.952. The van der Waals surface area contributed by atoms with Gasteiger partial charge in [-0.15, -0.1) is 12.4 Å². The van der Waals surface area contributed by atoms with Gasteiger partial charge in [0, 0.05) is 38.6 Å². The van der Waals surface area contributed by atoms with Crippen LogP contribution in [0.1, 0.15) is 24.2 Å². The summed E-state index contributed by atoms with van der Waals surface area (Å²) in [7, 11) is -3.68. The molecule has 0 spiro atoms. The fraction of sp³-hybridized carbons (Fsp3) is 0.750. The molecule has 3 atom stereocenters. The number of carbonyl (C=O) groups excluding carboxylic acids is 1. The maximum absolute atomic E-state index is 13.0. The van der Waals surface area contributed by atoms with Gasteiger partial charge in [0.15, 0.2) is 0 Å². The van der Waals surface area contributed by atoms with E-state index in [4.69, 9.17) is 0 Å². The molecule has 1 aromatic rings. The molecule has 3 unspecified atom stereocenters. The van der Waals surface area contributed by atoms with E-state index in [0.29, 0.717) is 50.4 Å². The second kappa shape index (κ2) is 8.87. The van der Waals surface area contributed by atoms with Crippen molar-refractivity contribution in [3.8, 4) is 0 Å². The number of rotatable bonds is 5. The minimum Gasteiger partial charge on any atom is -0.391 e. The largest absolute Gasteiger partial charge is 0.391 e. The van der Waals surface area contributed by atoms with Crippen LogP contribution in [0.5, 0.6) is 0 Å². The second-order valence-corrected chi connectivity index (χ2v) is 9.07. The third kappa shape index (κ3) is 4.62. The van der Waals surface area contributed by atoms with E-state index in [2.05, 4.69) is 20.8 Å². The predicted molar refractivity (Wildman–Crippen MR) is 102 cm³/mol. The van der Waals surface area contributed by atoms with Gasteiger partial charge >= 0.3 is 0 Å². The van der Waals surface area contributed by atoms with E-state index in [-0.39, 0.29) is 41.6 Å². The average Bonchev–Trinajstić information content (AvgIpc) is 3.18.